The average Bonchev–Trinajstić information content (AvgIpc) is 2.75. The van der Waals surface area contributed by atoms with E-state index in [2.05, 4.69) is 10.0 Å². The van der Waals surface area contributed by atoms with E-state index < -0.39 is 28.1 Å². The molecule has 1 aliphatic rings. The van der Waals surface area contributed by atoms with Crippen molar-refractivity contribution in [3.8, 4) is 0 Å². The number of amides is 2. The number of aryl methyl sites for hydroxylation is 1. The van der Waals surface area contributed by atoms with E-state index in [0.29, 0.717) is 38.1 Å². The number of carbonyl (C=O) groups excluding carboxylic acids is 2. The van der Waals surface area contributed by atoms with Gasteiger partial charge in [-0.2, -0.15) is 16.5 Å². The highest BCUT2D eigenvalue weighted by molar-refractivity contribution is 7.98. The smallest absolute Gasteiger partial charge is 0.326 e. The molecule has 2 atom stereocenters. The van der Waals surface area contributed by atoms with Gasteiger partial charge in [0.05, 0.1) is 10.9 Å². The maximum Gasteiger partial charge on any atom is 0.326 e. The molecule has 1 heterocycles. The molecule has 1 aromatic carbocycles. The first kappa shape index (κ1) is 26.1. The second-order valence-electron chi connectivity index (χ2n) is 7.94. The number of sulfonamides is 1. The van der Waals surface area contributed by atoms with E-state index in [4.69, 9.17) is 0 Å². The molecule has 0 unspecified atom stereocenters. The highest BCUT2D eigenvalue weighted by Gasteiger charge is 2.32. The van der Waals surface area contributed by atoms with Gasteiger partial charge in [0.25, 0.3) is 0 Å². The van der Waals surface area contributed by atoms with Crippen LogP contribution in [0.4, 0.5) is 0 Å². The number of carboxylic acid groups (broad SMARTS) is 1. The maximum atomic E-state index is 12.7. The van der Waals surface area contributed by atoms with Gasteiger partial charge in [-0.1, -0.05) is 17.7 Å². The van der Waals surface area contributed by atoms with E-state index >= 15 is 0 Å². The van der Waals surface area contributed by atoms with Gasteiger partial charge >= 0.3 is 5.97 Å². The Balaban J connectivity index is 1.89. The summed E-state index contributed by atoms with van der Waals surface area (Å²) in [5, 5.41) is 11.9. The van der Waals surface area contributed by atoms with Gasteiger partial charge in [-0.3, -0.25) is 9.59 Å². The predicted molar refractivity (Wildman–Crippen MR) is 123 cm³/mol. The number of likely N-dealkylation sites (tertiary alicyclic amines) is 1. The van der Waals surface area contributed by atoms with Crippen molar-refractivity contribution in [2.24, 2.45) is 5.92 Å². The summed E-state index contributed by atoms with van der Waals surface area (Å²) in [6.45, 7) is 3.95. The van der Waals surface area contributed by atoms with Crippen LogP contribution in [0.15, 0.2) is 29.2 Å². The van der Waals surface area contributed by atoms with Crippen LogP contribution in [0, 0.1) is 12.8 Å². The standard InChI is InChI=1S/C21H31N3O6S2/c1-14-4-6-17(7-5-14)32(29,30)23-15(2)20(26)24-11-8-16(9-12-24)19(25)22-18(21(27)28)10-13-31-3/h4-7,15-16,18,23H,8-13H2,1-3H3,(H,22,25)(H,27,28)/t15-,18-/m0/s1. The van der Waals surface area contributed by atoms with Crippen LogP contribution in [0.5, 0.6) is 0 Å². The Bertz CT molecular complexity index is 912. The number of rotatable bonds is 10. The quantitative estimate of drug-likeness (QED) is 0.454. The fourth-order valence-corrected chi connectivity index (χ4v) is 5.16. The maximum absolute atomic E-state index is 12.7. The fraction of sp³-hybridized carbons (Fsp3) is 0.571. The molecule has 11 heteroatoms. The lowest BCUT2D eigenvalue weighted by molar-refractivity contribution is -0.143. The number of hydrogen-bond acceptors (Lipinski definition) is 6. The minimum atomic E-state index is -3.83. The Morgan fingerprint density at radius 3 is 2.31 bits per heavy atom. The molecule has 9 nitrogen and oxygen atoms in total. The second-order valence-corrected chi connectivity index (χ2v) is 10.6. The number of hydrogen-bond donors (Lipinski definition) is 3. The van der Waals surface area contributed by atoms with E-state index in [-0.39, 0.29) is 22.6 Å². The molecule has 0 saturated carbocycles. The van der Waals surface area contributed by atoms with Crippen LogP contribution in [-0.2, 0) is 24.4 Å². The molecule has 1 aliphatic heterocycles. The van der Waals surface area contributed by atoms with Crippen LogP contribution in [0.25, 0.3) is 0 Å². The number of benzene rings is 1. The third-order valence-corrected chi connectivity index (χ3v) is 7.64. The molecule has 1 saturated heterocycles. The molecular weight excluding hydrogens is 454 g/mol. The predicted octanol–water partition coefficient (Wildman–Crippen LogP) is 1.22. The molecule has 1 fully saturated rings. The number of thioether (sulfide) groups is 1. The van der Waals surface area contributed by atoms with Gasteiger partial charge in [0.1, 0.15) is 6.04 Å². The van der Waals surface area contributed by atoms with Crippen LogP contribution < -0.4 is 10.0 Å². The van der Waals surface area contributed by atoms with E-state index in [1.165, 1.54) is 35.7 Å². The highest BCUT2D eigenvalue weighted by atomic mass is 32.2. The van der Waals surface area contributed by atoms with Crippen LogP contribution in [-0.4, -0.2) is 73.4 Å². The Morgan fingerprint density at radius 2 is 1.78 bits per heavy atom. The lowest BCUT2D eigenvalue weighted by Crippen LogP contribution is -2.51. The van der Waals surface area contributed by atoms with Crippen molar-refractivity contribution in [3.05, 3.63) is 29.8 Å². The van der Waals surface area contributed by atoms with Crippen LogP contribution in [0.3, 0.4) is 0 Å². The number of carboxylic acids is 1. The van der Waals surface area contributed by atoms with Gasteiger partial charge in [0.2, 0.25) is 21.8 Å². The number of nitrogens with one attached hydrogen (secondary N) is 2. The molecule has 0 radical (unpaired) electrons. The first-order valence-electron chi connectivity index (χ1n) is 10.4. The van der Waals surface area contributed by atoms with E-state index in [1.807, 2.05) is 13.2 Å². The first-order valence-corrected chi connectivity index (χ1v) is 13.3. The lowest BCUT2D eigenvalue weighted by atomic mass is 9.95. The summed E-state index contributed by atoms with van der Waals surface area (Å²) in [6, 6.07) is 4.48. The lowest BCUT2D eigenvalue weighted by Gasteiger charge is -2.33. The third-order valence-electron chi connectivity index (χ3n) is 5.44. The minimum absolute atomic E-state index is 0.0904. The normalized spacial score (nSPS) is 16.9. The minimum Gasteiger partial charge on any atom is -0.480 e. The molecule has 2 amide bonds. The van der Waals surface area contributed by atoms with Gasteiger partial charge < -0.3 is 15.3 Å². The Labute approximate surface area is 193 Å². The van der Waals surface area contributed by atoms with E-state index in [0.717, 1.165) is 5.56 Å². The van der Waals surface area contributed by atoms with Crippen molar-refractivity contribution in [1.29, 1.82) is 0 Å². The molecule has 1 aromatic rings. The van der Waals surface area contributed by atoms with Gasteiger partial charge in [0, 0.05) is 19.0 Å². The number of carbonyl (C=O) groups is 3. The summed E-state index contributed by atoms with van der Waals surface area (Å²) in [5.74, 6) is -1.49. The molecule has 178 valence electrons. The van der Waals surface area contributed by atoms with Gasteiger partial charge in [0.15, 0.2) is 0 Å². The summed E-state index contributed by atoms with van der Waals surface area (Å²) < 4.78 is 27.5. The van der Waals surface area contributed by atoms with E-state index in [1.54, 1.807) is 12.1 Å². The topological polar surface area (TPSA) is 133 Å². The SMILES string of the molecule is CSCC[C@H](NC(=O)C1CCN(C(=O)[C@H](C)NS(=O)(=O)c2ccc(C)cc2)CC1)C(=O)O. The molecule has 2 rings (SSSR count). The zero-order valence-electron chi connectivity index (χ0n) is 18.5. The Hall–Kier alpha value is -2.11. The van der Waals surface area contributed by atoms with Crippen molar-refractivity contribution in [1.82, 2.24) is 14.9 Å². The van der Waals surface area contributed by atoms with Gasteiger partial charge in [-0.05, 0) is 57.3 Å². The first-order chi connectivity index (χ1) is 15.0. The second kappa shape index (κ2) is 11.7. The fourth-order valence-electron chi connectivity index (χ4n) is 3.49. The molecule has 0 aromatic heterocycles. The zero-order chi connectivity index (χ0) is 23.9. The molecule has 0 spiro atoms. The van der Waals surface area contributed by atoms with Crippen molar-refractivity contribution in [3.63, 3.8) is 0 Å². The van der Waals surface area contributed by atoms with Crippen molar-refractivity contribution >= 4 is 39.6 Å². The largest absolute Gasteiger partial charge is 0.480 e. The van der Waals surface area contributed by atoms with Crippen molar-refractivity contribution < 1.29 is 27.9 Å². The van der Waals surface area contributed by atoms with Crippen LogP contribution in [0.1, 0.15) is 31.7 Å². The van der Waals surface area contributed by atoms with Gasteiger partial charge in [-0.15, -0.1) is 0 Å². The monoisotopic (exact) mass is 485 g/mol. The summed E-state index contributed by atoms with van der Waals surface area (Å²) in [6.07, 6.45) is 3.00. The van der Waals surface area contributed by atoms with E-state index in [9.17, 15) is 27.9 Å². The van der Waals surface area contributed by atoms with Crippen molar-refractivity contribution in [2.75, 3.05) is 25.1 Å². The zero-order valence-corrected chi connectivity index (χ0v) is 20.2. The molecule has 3 N–H and O–H groups in total. The highest BCUT2D eigenvalue weighted by Crippen LogP contribution is 2.19. The van der Waals surface area contributed by atoms with Crippen LogP contribution in [0.2, 0.25) is 0 Å². The van der Waals surface area contributed by atoms with Gasteiger partial charge in [-0.25, -0.2) is 13.2 Å². The van der Waals surface area contributed by atoms with Crippen LogP contribution >= 0.6 is 11.8 Å². The summed E-state index contributed by atoms with van der Waals surface area (Å²) in [5.41, 5.74) is 0.930. The average molecular weight is 486 g/mol. The number of aliphatic carboxylic acids is 1. The summed E-state index contributed by atoms with van der Waals surface area (Å²) in [4.78, 5) is 38.2. The van der Waals surface area contributed by atoms with Crippen molar-refractivity contribution in [2.45, 2.75) is 50.1 Å². The number of nitrogens with zero attached hydrogens (tertiary/aromatic N) is 1. The molecular formula is C21H31N3O6S2. The molecule has 0 bridgehead atoms. The Kier molecular flexibility index (Phi) is 9.53. The molecule has 0 aliphatic carbocycles. The summed E-state index contributed by atoms with van der Waals surface area (Å²) in [7, 11) is -3.83. The Morgan fingerprint density at radius 1 is 1.19 bits per heavy atom. The summed E-state index contributed by atoms with van der Waals surface area (Å²) >= 11 is 1.51. The third kappa shape index (κ3) is 7.21. The number of piperidine rings is 1. The molecule has 32 heavy (non-hydrogen) atoms.